The van der Waals surface area contributed by atoms with Crippen LogP contribution in [0.15, 0.2) is 91.1 Å². The summed E-state index contributed by atoms with van der Waals surface area (Å²) in [6, 6.07) is 31.3. The number of nitrogens with zero attached hydrogens (tertiary/aromatic N) is 2. The van der Waals surface area contributed by atoms with Crippen molar-refractivity contribution in [3.63, 3.8) is 0 Å². The van der Waals surface area contributed by atoms with Gasteiger partial charge in [-0.25, -0.2) is 0 Å². The minimum atomic E-state index is 0.443. The standard InChI is InChI=1S/C31H36N4/c32-17-7-6-12-30-21-33-29(19-24-13-15-26-8-4-5-11-28(26)18-24)23-35(30)22-25-14-16-31(34-20-25)27-9-2-1-3-10-27/h1-5,8-11,13-16,18,20,29-30,33H,6-7,12,17,19,21-23,32H2/t29-,30-/m0/s1. The van der Waals surface area contributed by atoms with Crippen LogP contribution in [0.2, 0.25) is 0 Å². The summed E-state index contributed by atoms with van der Waals surface area (Å²) in [4.78, 5) is 7.44. The van der Waals surface area contributed by atoms with Gasteiger partial charge in [0.1, 0.15) is 0 Å². The van der Waals surface area contributed by atoms with E-state index in [0.717, 1.165) is 50.3 Å². The molecule has 0 spiro atoms. The molecule has 0 amide bonds. The van der Waals surface area contributed by atoms with Crippen molar-refractivity contribution in [3.05, 3.63) is 102 Å². The monoisotopic (exact) mass is 464 g/mol. The van der Waals surface area contributed by atoms with Crippen LogP contribution in [0.1, 0.15) is 30.4 Å². The summed E-state index contributed by atoms with van der Waals surface area (Å²) in [5.41, 5.74) is 10.6. The topological polar surface area (TPSA) is 54.2 Å². The van der Waals surface area contributed by atoms with E-state index in [-0.39, 0.29) is 0 Å². The van der Waals surface area contributed by atoms with Crippen molar-refractivity contribution in [2.75, 3.05) is 19.6 Å². The number of aromatic nitrogens is 1. The molecule has 0 bridgehead atoms. The van der Waals surface area contributed by atoms with Crippen LogP contribution in [-0.4, -0.2) is 41.6 Å². The van der Waals surface area contributed by atoms with Gasteiger partial charge in [0.2, 0.25) is 0 Å². The number of piperazine rings is 1. The van der Waals surface area contributed by atoms with Gasteiger partial charge in [-0.3, -0.25) is 9.88 Å². The summed E-state index contributed by atoms with van der Waals surface area (Å²) < 4.78 is 0. The summed E-state index contributed by atoms with van der Waals surface area (Å²) >= 11 is 0. The highest BCUT2D eigenvalue weighted by Crippen LogP contribution is 2.22. The van der Waals surface area contributed by atoms with E-state index in [1.54, 1.807) is 0 Å². The maximum Gasteiger partial charge on any atom is 0.0702 e. The second-order valence-electron chi connectivity index (χ2n) is 9.78. The van der Waals surface area contributed by atoms with E-state index in [9.17, 15) is 0 Å². The van der Waals surface area contributed by atoms with Gasteiger partial charge in [-0.05, 0) is 53.8 Å². The molecule has 4 nitrogen and oxygen atoms in total. The van der Waals surface area contributed by atoms with Crippen LogP contribution in [0.4, 0.5) is 0 Å². The number of fused-ring (bicyclic) bond motifs is 1. The summed E-state index contributed by atoms with van der Waals surface area (Å²) in [5.74, 6) is 0. The summed E-state index contributed by atoms with van der Waals surface area (Å²) in [5, 5.41) is 6.48. The molecule has 2 atom stereocenters. The minimum absolute atomic E-state index is 0.443. The quantitative estimate of drug-likeness (QED) is 0.325. The SMILES string of the molecule is NCCCC[C@H]1CN[C@@H](Cc2ccc3ccccc3c2)CN1Cc1ccc(-c2ccccc2)nc1. The van der Waals surface area contributed by atoms with E-state index in [2.05, 4.69) is 95.3 Å². The van der Waals surface area contributed by atoms with Gasteiger partial charge < -0.3 is 11.1 Å². The van der Waals surface area contributed by atoms with Gasteiger partial charge in [-0.15, -0.1) is 0 Å². The number of benzene rings is 3. The molecule has 0 unspecified atom stereocenters. The van der Waals surface area contributed by atoms with E-state index in [4.69, 9.17) is 10.7 Å². The molecular weight excluding hydrogens is 428 g/mol. The Hall–Kier alpha value is -3.05. The number of hydrogen-bond donors (Lipinski definition) is 2. The van der Waals surface area contributed by atoms with Gasteiger partial charge >= 0.3 is 0 Å². The third-order valence-corrected chi connectivity index (χ3v) is 7.18. The van der Waals surface area contributed by atoms with Gasteiger partial charge in [0, 0.05) is 43.5 Å². The summed E-state index contributed by atoms with van der Waals surface area (Å²) in [7, 11) is 0. The molecule has 4 aromatic rings. The fourth-order valence-electron chi connectivity index (χ4n) is 5.25. The normalized spacial score (nSPS) is 18.7. The molecule has 0 radical (unpaired) electrons. The molecule has 1 aromatic heterocycles. The molecule has 5 rings (SSSR count). The van der Waals surface area contributed by atoms with Crippen molar-refractivity contribution in [3.8, 4) is 11.3 Å². The molecule has 35 heavy (non-hydrogen) atoms. The van der Waals surface area contributed by atoms with E-state index in [1.807, 2.05) is 6.07 Å². The van der Waals surface area contributed by atoms with Crippen LogP contribution < -0.4 is 11.1 Å². The van der Waals surface area contributed by atoms with Gasteiger partial charge in [-0.1, -0.05) is 85.3 Å². The Labute approximate surface area is 209 Å². The predicted octanol–water partition coefficient (Wildman–Crippen LogP) is 5.42. The molecule has 1 aliphatic heterocycles. The Morgan fingerprint density at radius 1 is 0.857 bits per heavy atom. The Bertz CT molecular complexity index is 1210. The van der Waals surface area contributed by atoms with Crippen LogP contribution >= 0.6 is 0 Å². The third kappa shape index (κ3) is 6.15. The van der Waals surface area contributed by atoms with Crippen molar-refractivity contribution >= 4 is 10.8 Å². The molecule has 1 fully saturated rings. The lowest BCUT2D eigenvalue weighted by molar-refractivity contribution is 0.113. The van der Waals surface area contributed by atoms with Gasteiger partial charge in [0.15, 0.2) is 0 Å². The zero-order valence-electron chi connectivity index (χ0n) is 20.4. The van der Waals surface area contributed by atoms with E-state index in [1.165, 1.54) is 34.7 Å². The van der Waals surface area contributed by atoms with Crippen LogP contribution in [0.25, 0.3) is 22.0 Å². The van der Waals surface area contributed by atoms with Gasteiger partial charge in [0.25, 0.3) is 0 Å². The van der Waals surface area contributed by atoms with Crippen molar-refractivity contribution < 1.29 is 0 Å². The minimum Gasteiger partial charge on any atom is -0.330 e. The zero-order chi connectivity index (χ0) is 23.9. The Morgan fingerprint density at radius 3 is 2.46 bits per heavy atom. The Kier molecular flexibility index (Phi) is 7.84. The van der Waals surface area contributed by atoms with Crippen LogP contribution in [0, 0.1) is 0 Å². The first-order valence-electron chi connectivity index (χ1n) is 12.9. The second-order valence-corrected chi connectivity index (χ2v) is 9.78. The van der Waals surface area contributed by atoms with Crippen molar-refractivity contribution in [2.45, 2.75) is 44.3 Å². The summed E-state index contributed by atoms with van der Waals surface area (Å²) in [6.07, 6.45) is 6.56. The highest BCUT2D eigenvalue weighted by Gasteiger charge is 2.27. The van der Waals surface area contributed by atoms with Gasteiger partial charge in [-0.2, -0.15) is 0 Å². The molecule has 2 heterocycles. The first kappa shape index (κ1) is 23.7. The molecule has 0 saturated carbocycles. The average molecular weight is 465 g/mol. The zero-order valence-corrected chi connectivity index (χ0v) is 20.4. The molecule has 0 aliphatic carbocycles. The number of nitrogens with one attached hydrogen (secondary N) is 1. The number of hydrogen-bond acceptors (Lipinski definition) is 4. The lowest BCUT2D eigenvalue weighted by Gasteiger charge is -2.41. The molecule has 1 aliphatic rings. The van der Waals surface area contributed by atoms with Crippen LogP contribution in [0.5, 0.6) is 0 Å². The maximum atomic E-state index is 5.77. The molecule has 180 valence electrons. The highest BCUT2D eigenvalue weighted by molar-refractivity contribution is 5.83. The third-order valence-electron chi connectivity index (χ3n) is 7.18. The molecule has 3 N–H and O–H groups in total. The second kappa shape index (κ2) is 11.6. The molecular formula is C31H36N4. The lowest BCUT2D eigenvalue weighted by Crippen LogP contribution is -2.56. The predicted molar refractivity (Wildman–Crippen MR) is 146 cm³/mol. The van der Waals surface area contributed by atoms with Crippen molar-refractivity contribution in [1.82, 2.24) is 15.2 Å². The maximum absolute atomic E-state index is 5.77. The largest absolute Gasteiger partial charge is 0.330 e. The first-order chi connectivity index (χ1) is 17.3. The molecule has 1 saturated heterocycles. The smallest absolute Gasteiger partial charge is 0.0702 e. The average Bonchev–Trinajstić information content (AvgIpc) is 2.91. The van der Waals surface area contributed by atoms with Gasteiger partial charge in [0.05, 0.1) is 5.69 Å². The van der Waals surface area contributed by atoms with E-state index >= 15 is 0 Å². The van der Waals surface area contributed by atoms with E-state index in [0.29, 0.717) is 12.1 Å². The molecule has 3 aromatic carbocycles. The fraction of sp³-hybridized carbons (Fsp3) is 0.323. The Morgan fingerprint density at radius 2 is 1.66 bits per heavy atom. The lowest BCUT2D eigenvalue weighted by atomic mass is 9.97. The van der Waals surface area contributed by atoms with Crippen molar-refractivity contribution in [2.24, 2.45) is 5.73 Å². The van der Waals surface area contributed by atoms with E-state index < -0.39 is 0 Å². The molecule has 4 heteroatoms. The highest BCUT2D eigenvalue weighted by atomic mass is 15.2. The fourth-order valence-corrected chi connectivity index (χ4v) is 5.25. The van der Waals surface area contributed by atoms with Crippen molar-refractivity contribution in [1.29, 1.82) is 0 Å². The Balaban J connectivity index is 1.28. The summed E-state index contributed by atoms with van der Waals surface area (Å²) in [6.45, 7) is 3.78. The number of unbranched alkanes of at least 4 members (excludes halogenated alkanes) is 1. The van der Waals surface area contributed by atoms with Crippen LogP contribution in [0.3, 0.4) is 0 Å². The number of pyridine rings is 1. The number of nitrogens with two attached hydrogens (primary N) is 1. The number of rotatable bonds is 9. The first-order valence-corrected chi connectivity index (χ1v) is 12.9. The van der Waals surface area contributed by atoms with Crippen LogP contribution in [-0.2, 0) is 13.0 Å².